The number of H-pyrrole nitrogens is 1. The molecule has 2 aromatic heterocycles. The SMILES string of the molecule is CC(C)(NC(=O)c1ccc2c(C3CCCCC3)c3n(c2c1)CCOc1ccccc1-3)c1nc2ccc(C(=O)O)cc2[nH]1. The lowest BCUT2D eigenvalue weighted by molar-refractivity contribution is 0.0696. The Labute approximate surface area is 243 Å². The number of nitrogens with one attached hydrogen (secondary N) is 2. The number of nitrogens with zero attached hydrogens (tertiary/aromatic N) is 2. The average Bonchev–Trinajstić information content (AvgIpc) is 3.51. The largest absolute Gasteiger partial charge is 0.491 e. The number of ether oxygens (including phenoxy) is 1. The van der Waals surface area contributed by atoms with Gasteiger partial charge in [0, 0.05) is 22.0 Å². The molecule has 1 aliphatic carbocycles. The molecule has 5 aromatic rings. The maximum atomic E-state index is 13.7. The highest BCUT2D eigenvalue weighted by molar-refractivity contribution is 6.01. The Morgan fingerprint density at radius 2 is 1.81 bits per heavy atom. The van der Waals surface area contributed by atoms with Crippen molar-refractivity contribution in [1.29, 1.82) is 0 Å². The Hall–Kier alpha value is -4.59. The third-order valence-corrected chi connectivity index (χ3v) is 8.84. The van der Waals surface area contributed by atoms with Gasteiger partial charge in [-0.2, -0.15) is 0 Å². The zero-order chi connectivity index (χ0) is 29.0. The van der Waals surface area contributed by atoms with Crippen molar-refractivity contribution in [3.63, 3.8) is 0 Å². The van der Waals surface area contributed by atoms with Crippen molar-refractivity contribution < 1.29 is 19.4 Å². The molecule has 8 nitrogen and oxygen atoms in total. The summed E-state index contributed by atoms with van der Waals surface area (Å²) in [6, 6.07) is 19.1. The monoisotopic (exact) mass is 562 g/mol. The summed E-state index contributed by atoms with van der Waals surface area (Å²) in [7, 11) is 0. The molecule has 0 saturated heterocycles. The number of fused-ring (bicyclic) bond motifs is 6. The van der Waals surface area contributed by atoms with Crippen LogP contribution >= 0.6 is 0 Å². The Morgan fingerprint density at radius 3 is 2.62 bits per heavy atom. The summed E-state index contributed by atoms with van der Waals surface area (Å²) in [6.07, 6.45) is 6.12. The maximum absolute atomic E-state index is 13.7. The number of hydrogen-bond acceptors (Lipinski definition) is 4. The first-order chi connectivity index (χ1) is 20.3. The van der Waals surface area contributed by atoms with E-state index >= 15 is 0 Å². The number of hydrogen-bond donors (Lipinski definition) is 3. The van der Waals surface area contributed by atoms with Crippen LogP contribution in [0.5, 0.6) is 5.75 Å². The van der Waals surface area contributed by atoms with Crippen LogP contribution < -0.4 is 10.1 Å². The molecule has 1 aliphatic heterocycles. The third-order valence-electron chi connectivity index (χ3n) is 8.84. The number of amides is 1. The van der Waals surface area contributed by atoms with Gasteiger partial charge in [0.05, 0.1) is 34.4 Å². The Morgan fingerprint density at radius 1 is 1.02 bits per heavy atom. The van der Waals surface area contributed by atoms with Gasteiger partial charge in [0.1, 0.15) is 18.2 Å². The molecule has 8 heteroatoms. The van der Waals surface area contributed by atoms with Gasteiger partial charge in [0.2, 0.25) is 0 Å². The standard InChI is InChI=1S/C34H34N4O4/c1-34(2,33-35-25-15-13-22(32(40)41)18-26(25)36-33)37-31(39)21-12-14-23-27(19-21)38-16-17-42-28-11-7-6-10-24(28)30(38)29(23)20-8-4-3-5-9-20/h6-7,10-15,18-20H,3-5,8-9,16-17H2,1-2H3,(H,35,36)(H,37,39)(H,40,41). The second-order valence-corrected chi connectivity index (χ2v) is 12.0. The van der Waals surface area contributed by atoms with Crippen LogP contribution in [-0.4, -0.2) is 38.1 Å². The van der Waals surface area contributed by atoms with Gasteiger partial charge >= 0.3 is 5.97 Å². The van der Waals surface area contributed by atoms with Crippen LogP contribution in [0.1, 0.15) is 84.0 Å². The van der Waals surface area contributed by atoms with Gasteiger partial charge in [-0.3, -0.25) is 4.79 Å². The van der Waals surface area contributed by atoms with Gasteiger partial charge in [-0.05, 0) is 80.6 Å². The lowest BCUT2D eigenvalue weighted by atomic mass is 9.81. The summed E-state index contributed by atoms with van der Waals surface area (Å²) in [5, 5.41) is 13.7. The Balaban J connectivity index is 1.27. The molecule has 0 spiro atoms. The molecule has 2 aliphatic rings. The number of para-hydroxylation sites is 1. The van der Waals surface area contributed by atoms with E-state index in [1.807, 2.05) is 32.0 Å². The van der Waals surface area contributed by atoms with Crippen LogP contribution in [-0.2, 0) is 12.1 Å². The normalized spacial score (nSPS) is 15.6. The van der Waals surface area contributed by atoms with E-state index in [0.717, 1.165) is 16.8 Å². The van der Waals surface area contributed by atoms with E-state index in [0.29, 0.717) is 41.5 Å². The van der Waals surface area contributed by atoms with E-state index in [9.17, 15) is 14.7 Å². The fourth-order valence-corrected chi connectivity index (χ4v) is 6.73. The van der Waals surface area contributed by atoms with Crippen LogP contribution in [0, 0.1) is 0 Å². The second-order valence-electron chi connectivity index (χ2n) is 12.0. The smallest absolute Gasteiger partial charge is 0.335 e. The number of rotatable bonds is 5. The van der Waals surface area contributed by atoms with Crippen LogP contribution in [0.3, 0.4) is 0 Å². The molecule has 7 rings (SSSR count). The number of carboxylic acids is 1. The molecule has 1 saturated carbocycles. The second kappa shape index (κ2) is 10.0. The highest BCUT2D eigenvalue weighted by Gasteiger charge is 2.31. The molecule has 0 radical (unpaired) electrons. The van der Waals surface area contributed by atoms with E-state index < -0.39 is 11.5 Å². The number of aromatic amines is 1. The minimum Gasteiger partial charge on any atom is -0.491 e. The van der Waals surface area contributed by atoms with Crippen molar-refractivity contribution in [2.45, 2.75) is 64.0 Å². The summed E-state index contributed by atoms with van der Waals surface area (Å²) >= 11 is 0. The van der Waals surface area contributed by atoms with Crippen molar-refractivity contribution >= 4 is 33.8 Å². The number of carbonyl (C=O) groups is 2. The molecular formula is C34H34N4O4. The molecule has 1 fully saturated rings. The van der Waals surface area contributed by atoms with Crippen molar-refractivity contribution in [2.75, 3.05) is 6.61 Å². The van der Waals surface area contributed by atoms with E-state index in [2.05, 4.69) is 44.1 Å². The van der Waals surface area contributed by atoms with E-state index in [-0.39, 0.29) is 11.5 Å². The zero-order valence-electron chi connectivity index (χ0n) is 23.9. The van der Waals surface area contributed by atoms with Crippen LogP contribution in [0.15, 0.2) is 60.7 Å². The van der Waals surface area contributed by atoms with Crippen molar-refractivity contribution in [3.05, 3.63) is 83.2 Å². The van der Waals surface area contributed by atoms with Gasteiger partial charge in [-0.1, -0.05) is 37.5 Å². The van der Waals surface area contributed by atoms with Crippen molar-refractivity contribution in [2.24, 2.45) is 0 Å². The fourth-order valence-electron chi connectivity index (χ4n) is 6.73. The van der Waals surface area contributed by atoms with Crippen molar-refractivity contribution in [3.8, 4) is 17.0 Å². The molecule has 1 amide bonds. The average molecular weight is 563 g/mol. The predicted octanol–water partition coefficient (Wildman–Crippen LogP) is 6.99. The number of imidazole rings is 1. The molecule has 0 unspecified atom stereocenters. The van der Waals surface area contributed by atoms with E-state index in [1.54, 1.807) is 12.1 Å². The summed E-state index contributed by atoms with van der Waals surface area (Å²) < 4.78 is 8.53. The van der Waals surface area contributed by atoms with E-state index in [1.165, 1.54) is 54.8 Å². The molecule has 3 N–H and O–H groups in total. The van der Waals surface area contributed by atoms with Gasteiger partial charge in [-0.25, -0.2) is 9.78 Å². The van der Waals surface area contributed by atoms with Gasteiger partial charge < -0.3 is 24.7 Å². The predicted molar refractivity (Wildman–Crippen MR) is 162 cm³/mol. The summed E-state index contributed by atoms with van der Waals surface area (Å²) in [5.74, 6) is 0.753. The number of carboxylic acid groups (broad SMARTS) is 1. The van der Waals surface area contributed by atoms with Gasteiger partial charge in [-0.15, -0.1) is 0 Å². The number of benzene rings is 3. The maximum Gasteiger partial charge on any atom is 0.335 e. The first kappa shape index (κ1) is 26.3. The van der Waals surface area contributed by atoms with E-state index in [4.69, 9.17) is 4.74 Å². The van der Waals surface area contributed by atoms with Crippen molar-refractivity contribution in [1.82, 2.24) is 19.9 Å². The summed E-state index contributed by atoms with van der Waals surface area (Å²) in [6.45, 7) is 5.05. The van der Waals surface area contributed by atoms with Gasteiger partial charge in [0.15, 0.2) is 0 Å². The molecule has 42 heavy (non-hydrogen) atoms. The lowest BCUT2D eigenvalue weighted by Gasteiger charge is -2.24. The summed E-state index contributed by atoms with van der Waals surface area (Å²) in [4.78, 5) is 33.0. The summed E-state index contributed by atoms with van der Waals surface area (Å²) in [5.41, 5.74) is 5.98. The zero-order valence-corrected chi connectivity index (χ0v) is 23.9. The molecule has 0 bridgehead atoms. The fraction of sp³-hybridized carbons (Fsp3) is 0.324. The minimum atomic E-state index is -0.999. The van der Waals surface area contributed by atoms with Crippen LogP contribution in [0.4, 0.5) is 0 Å². The topological polar surface area (TPSA) is 109 Å². The number of aromatic nitrogens is 3. The molecule has 0 atom stereocenters. The first-order valence-corrected chi connectivity index (χ1v) is 14.7. The number of aromatic carboxylic acids is 1. The molecule has 3 heterocycles. The van der Waals surface area contributed by atoms with Crippen LogP contribution in [0.2, 0.25) is 0 Å². The van der Waals surface area contributed by atoms with Gasteiger partial charge in [0.25, 0.3) is 5.91 Å². The quantitative estimate of drug-likeness (QED) is 0.214. The van der Waals surface area contributed by atoms with Crippen LogP contribution in [0.25, 0.3) is 33.2 Å². The molecular weight excluding hydrogens is 528 g/mol. The first-order valence-electron chi connectivity index (χ1n) is 14.7. The Bertz CT molecular complexity index is 1860. The molecule has 3 aromatic carbocycles. The highest BCUT2D eigenvalue weighted by Crippen LogP contribution is 2.47. The Kier molecular flexibility index (Phi) is 6.30. The highest BCUT2D eigenvalue weighted by atomic mass is 16.5. The minimum absolute atomic E-state index is 0.180. The molecule has 214 valence electrons. The number of carbonyl (C=O) groups excluding carboxylic acids is 1. The third kappa shape index (κ3) is 4.42. The lowest BCUT2D eigenvalue weighted by Crippen LogP contribution is -2.41.